The summed E-state index contributed by atoms with van der Waals surface area (Å²) in [6, 6.07) is 1.16. The van der Waals surface area contributed by atoms with Crippen molar-refractivity contribution in [1.29, 1.82) is 0 Å². The number of nitrogens with one attached hydrogen (secondary N) is 2. The fourth-order valence-corrected chi connectivity index (χ4v) is 3.33. The maximum atomic E-state index is 13.1. The minimum atomic E-state index is -0.530. The van der Waals surface area contributed by atoms with Gasteiger partial charge in [0.05, 0.1) is 11.8 Å². The highest BCUT2D eigenvalue weighted by Crippen LogP contribution is 2.31. The minimum absolute atomic E-state index is 0.189. The molecule has 0 unspecified atom stereocenters. The van der Waals surface area contributed by atoms with Gasteiger partial charge in [0, 0.05) is 17.3 Å². The predicted molar refractivity (Wildman–Crippen MR) is 79.1 cm³/mol. The third-order valence-corrected chi connectivity index (χ3v) is 4.53. The maximum Gasteiger partial charge on any atom is 0.259 e. The Morgan fingerprint density at radius 3 is 2.90 bits per heavy atom. The monoisotopic (exact) mass is 306 g/mol. The molecule has 0 aliphatic carbocycles. The smallest absolute Gasteiger partial charge is 0.259 e. The van der Waals surface area contributed by atoms with E-state index < -0.39 is 11.7 Å². The van der Waals surface area contributed by atoms with Crippen LogP contribution < -0.4 is 10.6 Å². The van der Waals surface area contributed by atoms with E-state index in [0.29, 0.717) is 11.0 Å². The lowest BCUT2D eigenvalue weighted by molar-refractivity contribution is 0.102. The van der Waals surface area contributed by atoms with Gasteiger partial charge in [-0.3, -0.25) is 15.1 Å². The van der Waals surface area contributed by atoms with E-state index in [1.54, 1.807) is 0 Å². The van der Waals surface area contributed by atoms with Crippen LogP contribution in [0.1, 0.15) is 34.0 Å². The average molecular weight is 306 g/mol. The first-order valence-corrected chi connectivity index (χ1v) is 7.62. The first kappa shape index (κ1) is 14.1. The van der Waals surface area contributed by atoms with E-state index in [-0.39, 0.29) is 5.56 Å². The number of thiazole rings is 1. The van der Waals surface area contributed by atoms with Crippen molar-refractivity contribution in [2.45, 2.75) is 18.8 Å². The van der Waals surface area contributed by atoms with Gasteiger partial charge in [0.2, 0.25) is 0 Å². The van der Waals surface area contributed by atoms with Crippen molar-refractivity contribution in [1.82, 2.24) is 15.3 Å². The van der Waals surface area contributed by atoms with Crippen LogP contribution in [0.4, 0.5) is 9.52 Å². The summed E-state index contributed by atoms with van der Waals surface area (Å²) in [5.41, 5.74) is 0.189. The van der Waals surface area contributed by atoms with Crippen LogP contribution in [0.3, 0.4) is 0 Å². The molecule has 1 saturated heterocycles. The van der Waals surface area contributed by atoms with Gasteiger partial charge < -0.3 is 5.32 Å². The molecular weight excluding hydrogens is 291 g/mol. The topological polar surface area (TPSA) is 66.9 Å². The highest BCUT2D eigenvalue weighted by Gasteiger charge is 2.18. The van der Waals surface area contributed by atoms with Crippen molar-refractivity contribution < 1.29 is 9.18 Å². The summed E-state index contributed by atoms with van der Waals surface area (Å²) < 4.78 is 13.1. The number of amides is 1. The average Bonchev–Trinajstić information content (AvgIpc) is 2.97. The molecule has 0 atom stereocenters. The van der Waals surface area contributed by atoms with E-state index in [0.717, 1.165) is 38.2 Å². The van der Waals surface area contributed by atoms with Gasteiger partial charge in [-0.25, -0.2) is 9.37 Å². The van der Waals surface area contributed by atoms with Gasteiger partial charge in [-0.2, -0.15) is 0 Å². The zero-order chi connectivity index (χ0) is 14.7. The largest absolute Gasteiger partial charge is 0.317 e. The maximum absolute atomic E-state index is 13.1. The van der Waals surface area contributed by atoms with Crippen molar-refractivity contribution >= 4 is 22.4 Å². The Balaban J connectivity index is 1.68. The quantitative estimate of drug-likeness (QED) is 0.914. The van der Waals surface area contributed by atoms with E-state index in [9.17, 15) is 9.18 Å². The van der Waals surface area contributed by atoms with Crippen molar-refractivity contribution in [3.05, 3.63) is 40.9 Å². The third-order valence-electron chi connectivity index (χ3n) is 3.45. The van der Waals surface area contributed by atoms with Crippen molar-refractivity contribution in [3.8, 4) is 0 Å². The lowest BCUT2D eigenvalue weighted by atomic mass is 9.97. The third kappa shape index (κ3) is 3.43. The lowest BCUT2D eigenvalue weighted by Crippen LogP contribution is -2.26. The Kier molecular flexibility index (Phi) is 4.21. The number of piperidine rings is 1. The van der Waals surface area contributed by atoms with Gasteiger partial charge in [-0.15, -0.1) is 11.3 Å². The van der Waals surface area contributed by atoms with E-state index in [1.807, 2.05) is 6.20 Å². The van der Waals surface area contributed by atoms with Gasteiger partial charge in [-0.1, -0.05) is 0 Å². The lowest BCUT2D eigenvalue weighted by Gasteiger charge is -2.20. The molecule has 21 heavy (non-hydrogen) atoms. The molecule has 0 radical (unpaired) electrons. The molecule has 2 aromatic rings. The Labute approximate surface area is 125 Å². The molecular formula is C14H15FN4OS. The standard InChI is InChI=1S/C14H15FN4OS/c15-11-5-10(6-17-7-11)13(20)19-14-18-8-12(21-14)9-1-3-16-4-2-9/h5-9,16H,1-4H2,(H,18,19,20). The van der Waals surface area contributed by atoms with Crippen LogP contribution in [0, 0.1) is 5.82 Å². The fraction of sp³-hybridized carbons (Fsp3) is 0.357. The van der Waals surface area contributed by atoms with Crippen LogP contribution in [0.5, 0.6) is 0 Å². The molecule has 110 valence electrons. The van der Waals surface area contributed by atoms with Crippen LogP contribution in [0.25, 0.3) is 0 Å². The zero-order valence-electron chi connectivity index (χ0n) is 11.3. The summed E-state index contributed by atoms with van der Waals surface area (Å²) in [6.07, 6.45) is 6.39. The number of halogens is 1. The molecule has 7 heteroatoms. The number of hydrogen-bond acceptors (Lipinski definition) is 5. The highest BCUT2D eigenvalue weighted by molar-refractivity contribution is 7.15. The van der Waals surface area contributed by atoms with Gasteiger partial charge >= 0.3 is 0 Å². The first-order valence-electron chi connectivity index (χ1n) is 6.81. The number of carbonyl (C=O) groups is 1. The second-order valence-electron chi connectivity index (χ2n) is 4.94. The molecule has 1 fully saturated rings. The van der Waals surface area contributed by atoms with Crippen LogP contribution in [-0.4, -0.2) is 29.0 Å². The van der Waals surface area contributed by atoms with E-state index in [2.05, 4.69) is 20.6 Å². The number of rotatable bonds is 3. The second kappa shape index (κ2) is 6.28. The number of pyridine rings is 1. The number of anilines is 1. The molecule has 0 aromatic carbocycles. The van der Waals surface area contributed by atoms with Crippen LogP contribution >= 0.6 is 11.3 Å². The zero-order valence-corrected chi connectivity index (χ0v) is 12.1. The number of hydrogen-bond donors (Lipinski definition) is 2. The summed E-state index contributed by atoms with van der Waals surface area (Å²) >= 11 is 1.48. The van der Waals surface area contributed by atoms with Crippen LogP contribution in [-0.2, 0) is 0 Å². The number of carbonyl (C=O) groups excluding carboxylic acids is 1. The van der Waals surface area contributed by atoms with E-state index in [1.165, 1.54) is 22.4 Å². The molecule has 3 rings (SSSR count). The summed E-state index contributed by atoms with van der Waals surface area (Å²) in [5.74, 6) is -0.421. The molecule has 0 saturated carbocycles. The van der Waals surface area contributed by atoms with E-state index >= 15 is 0 Å². The molecule has 3 heterocycles. The van der Waals surface area contributed by atoms with Gasteiger partial charge in [0.1, 0.15) is 5.82 Å². The molecule has 1 aliphatic rings. The van der Waals surface area contributed by atoms with Crippen LogP contribution in [0.2, 0.25) is 0 Å². The van der Waals surface area contributed by atoms with Crippen molar-refractivity contribution in [2.24, 2.45) is 0 Å². The normalized spacial score (nSPS) is 15.9. The predicted octanol–water partition coefficient (Wildman–Crippen LogP) is 2.40. The Morgan fingerprint density at radius 2 is 2.14 bits per heavy atom. The fourth-order valence-electron chi connectivity index (χ4n) is 2.34. The molecule has 0 spiro atoms. The van der Waals surface area contributed by atoms with Gasteiger partial charge in [0.15, 0.2) is 5.13 Å². The number of nitrogens with zero attached hydrogens (tertiary/aromatic N) is 2. The van der Waals surface area contributed by atoms with Gasteiger partial charge in [0.25, 0.3) is 5.91 Å². The molecule has 2 N–H and O–H groups in total. The SMILES string of the molecule is O=C(Nc1ncc(C2CCNCC2)s1)c1cncc(F)c1. The van der Waals surface area contributed by atoms with Crippen LogP contribution in [0.15, 0.2) is 24.7 Å². The Bertz CT molecular complexity index is 639. The summed E-state index contributed by atoms with van der Waals surface area (Å²) in [7, 11) is 0. The molecule has 1 amide bonds. The molecule has 0 bridgehead atoms. The summed E-state index contributed by atoms with van der Waals surface area (Å²) in [4.78, 5) is 21.1. The second-order valence-corrected chi connectivity index (χ2v) is 6.00. The van der Waals surface area contributed by atoms with Crippen molar-refractivity contribution in [3.63, 3.8) is 0 Å². The molecule has 2 aromatic heterocycles. The Hall–Kier alpha value is -1.86. The molecule has 5 nitrogen and oxygen atoms in total. The summed E-state index contributed by atoms with van der Waals surface area (Å²) in [6.45, 7) is 2.03. The first-order chi connectivity index (χ1) is 10.2. The highest BCUT2D eigenvalue weighted by atomic mass is 32.1. The Morgan fingerprint density at radius 1 is 1.33 bits per heavy atom. The molecule has 1 aliphatic heterocycles. The van der Waals surface area contributed by atoms with Gasteiger partial charge in [-0.05, 0) is 37.9 Å². The van der Waals surface area contributed by atoms with E-state index in [4.69, 9.17) is 0 Å². The van der Waals surface area contributed by atoms with Crippen molar-refractivity contribution in [2.75, 3.05) is 18.4 Å². The summed E-state index contributed by atoms with van der Waals surface area (Å²) in [5, 5.41) is 6.55. The minimum Gasteiger partial charge on any atom is -0.317 e. The number of aromatic nitrogens is 2.